The molecule has 1 fully saturated rings. The van der Waals surface area contributed by atoms with Crippen LogP contribution in [0.3, 0.4) is 0 Å². The van der Waals surface area contributed by atoms with Crippen LogP contribution in [0.4, 0.5) is 14.9 Å². The highest BCUT2D eigenvalue weighted by Crippen LogP contribution is 2.30. The number of aliphatic hydroxyl groups is 1. The van der Waals surface area contributed by atoms with Gasteiger partial charge in [0.2, 0.25) is 0 Å². The first-order valence-electron chi connectivity index (χ1n) is 8.34. The summed E-state index contributed by atoms with van der Waals surface area (Å²) in [5.41, 5.74) is 0.387. The van der Waals surface area contributed by atoms with E-state index >= 15 is 0 Å². The molecule has 1 aliphatic carbocycles. The van der Waals surface area contributed by atoms with Gasteiger partial charge in [-0.3, -0.25) is 0 Å². The average molecular weight is 348 g/mol. The highest BCUT2D eigenvalue weighted by molar-refractivity contribution is 5.90. The monoisotopic (exact) mass is 348 g/mol. The molecule has 3 rings (SSSR count). The molecular formula is C18H21FN2O4. The number of hydrogen-bond donors (Lipinski definition) is 3. The summed E-state index contributed by atoms with van der Waals surface area (Å²) in [4.78, 5) is 12.0. The quantitative estimate of drug-likeness (QED) is 0.745. The van der Waals surface area contributed by atoms with Crippen molar-refractivity contribution in [3.8, 4) is 5.75 Å². The number of carbonyl (C=O) groups is 1. The highest BCUT2D eigenvalue weighted by Gasteiger charge is 2.19. The molecule has 0 spiro atoms. The zero-order chi connectivity index (χ0) is 17.6. The van der Waals surface area contributed by atoms with Gasteiger partial charge in [0.15, 0.2) is 0 Å². The van der Waals surface area contributed by atoms with Crippen molar-refractivity contribution in [2.45, 2.75) is 37.9 Å². The lowest BCUT2D eigenvalue weighted by Crippen LogP contribution is -2.32. The number of carbonyl (C=O) groups excluding carboxylic acids is 1. The van der Waals surface area contributed by atoms with Gasteiger partial charge in [0, 0.05) is 6.07 Å². The second kappa shape index (κ2) is 8.02. The number of aliphatic hydroxyl groups excluding tert-OH is 1. The van der Waals surface area contributed by atoms with Crippen LogP contribution in [-0.4, -0.2) is 23.8 Å². The lowest BCUT2D eigenvalue weighted by atomic mass is 10.2. The molecule has 0 aliphatic heterocycles. The van der Waals surface area contributed by atoms with E-state index in [1.54, 1.807) is 12.1 Å². The molecule has 1 aromatic heterocycles. The fourth-order valence-electron chi connectivity index (χ4n) is 2.82. The standard InChI is InChI=1S/C18H21FN2O4/c19-12-7-8-14(17(10-12)25-13-4-1-2-5-13)21-18(23)20-11-15(22)16-6-3-9-24-16/h3,6-10,13,15,22H,1-2,4-5,11H2,(H2,20,21,23)/t15-/m1/s1. The second-order valence-corrected chi connectivity index (χ2v) is 6.03. The van der Waals surface area contributed by atoms with Crippen molar-refractivity contribution >= 4 is 11.7 Å². The van der Waals surface area contributed by atoms with Crippen molar-refractivity contribution in [2.24, 2.45) is 0 Å². The minimum absolute atomic E-state index is 0.0145. The summed E-state index contributed by atoms with van der Waals surface area (Å²) in [7, 11) is 0. The largest absolute Gasteiger partial charge is 0.488 e. The van der Waals surface area contributed by atoms with Crippen LogP contribution in [-0.2, 0) is 0 Å². The zero-order valence-electron chi connectivity index (χ0n) is 13.7. The van der Waals surface area contributed by atoms with Crippen LogP contribution >= 0.6 is 0 Å². The number of anilines is 1. The van der Waals surface area contributed by atoms with E-state index in [0.717, 1.165) is 25.7 Å². The Hall–Kier alpha value is -2.54. The number of amides is 2. The van der Waals surface area contributed by atoms with Crippen molar-refractivity contribution in [1.82, 2.24) is 5.32 Å². The van der Waals surface area contributed by atoms with Crippen LogP contribution in [0, 0.1) is 5.82 Å². The molecule has 1 atom stereocenters. The number of benzene rings is 1. The predicted octanol–water partition coefficient (Wildman–Crippen LogP) is 3.60. The first-order valence-corrected chi connectivity index (χ1v) is 8.34. The van der Waals surface area contributed by atoms with E-state index < -0.39 is 18.0 Å². The molecule has 0 radical (unpaired) electrons. The minimum Gasteiger partial charge on any atom is -0.488 e. The smallest absolute Gasteiger partial charge is 0.319 e. The minimum atomic E-state index is -0.942. The molecule has 0 saturated heterocycles. The molecule has 0 unspecified atom stereocenters. The first kappa shape index (κ1) is 17.3. The van der Waals surface area contributed by atoms with Crippen molar-refractivity contribution in [3.63, 3.8) is 0 Å². The van der Waals surface area contributed by atoms with E-state index in [1.807, 2.05) is 0 Å². The van der Waals surface area contributed by atoms with Crippen LogP contribution in [0.2, 0.25) is 0 Å². The summed E-state index contributed by atoms with van der Waals surface area (Å²) in [6, 6.07) is 6.75. The second-order valence-electron chi connectivity index (χ2n) is 6.03. The van der Waals surface area contributed by atoms with Gasteiger partial charge in [0.05, 0.1) is 24.6 Å². The lowest BCUT2D eigenvalue weighted by molar-refractivity contribution is 0.149. The number of hydrogen-bond acceptors (Lipinski definition) is 4. The Morgan fingerprint density at radius 3 is 2.88 bits per heavy atom. The molecule has 1 saturated carbocycles. The predicted molar refractivity (Wildman–Crippen MR) is 90.0 cm³/mol. The molecule has 2 amide bonds. The Labute approximate surface area is 145 Å². The van der Waals surface area contributed by atoms with Gasteiger partial charge < -0.3 is 24.9 Å². The molecule has 2 aromatic rings. The van der Waals surface area contributed by atoms with Gasteiger partial charge in [-0.1, -0.05) is 0 Å². The lowest BCUT2D eigenvalue weighted by Gasteiger charge is -2.17. The van der Waals surface area contributed by atoms with Crippen LogP contribution < -0.4 is 15.4 Å². The summed E-state index contributed by atoms with van der Waals surface area (Å²) in [5, 5.41) is 15.1. The molecule has 6 nitrogen and oxygen atoms in total. The van der Waals surface area contributed by atoms with Gasteiger partial charge in [-0.25, -0.2) is 9.18 Å². The Morgan fingerprint density at radius 2 is 2.16 bits per heavy atom. The number of ether oxygens (including phenoxy) is 1. The third kappa shape index (κ3) is 4.73. The normalized spacial score (nSPS) is 15.8. The average Bonchev–Trinajstić information content (AvgIpc) is 3.28. The van der Waals surface area contributed by atoms with Gasteiger partial charge >= 0.3 is 6.03 Å². The summed E-state index contributed by atoms with van der Waals surface area (Å²) in [5.74, 6) is 0.258. The van der Waals surface area contributed by atoms with E-state index in [0.29, 0.717) is 17.2 Å². The fourth-order valence-corrected chi connectivity index (χ4v) is 2.82. The van der Waals surface area contributed by atoms with Crippen LogP contribution in [0.15, 0.2) is 41.0 Å². The molecule has 3 N–H and O–H groups in total. The van der Waals surface area contributed by atoms with Crippen LogP contribution in [0.25, 0.3) is 0 Å². The zero-order valence-corrected chi connectivity index (χ0v) is 13.7. The summed E-state index contributed by atoms with van der Waals surface area (Å²) < 4.78 is 24.4. The van der Waals surface area contributed by atoms with E-state index in [2.05, 4.69) is 10.6 Å². The molecule has 0 bridgehead atoms. The number of rotatable bonds is 6. The molecule has 1 aliphatic rings. The summed E-state index contributed by atoms with van der Waals surface area (Å²) in [6.07, 6.45) is 4.59. The molecule has 134 valence electrons. The molecular weight excluding hydrogens is 327 g/mol. The van der Waals surface area contributed by atoms with Crippen molar-refractivity contribution in [2.75, 3.05) is 11.9 Å². The molecule has 25 heavy (non-hydrogen) atoms. The SMILES string of the molecule is O=C(NC[C@@H](O)c1ccco1)Nc1ccc(F)cc1OC1CCCC1. The van der Waals surface area contributed by atoms with E-state index in [1.165, 1.54) is 24.5 Å². The van der Waals surface area contributed by atoms with Crippen molar-refractivity contribution in [1.29, 1.82) is 0 Å². The fraction of sp³-hybridized carbons (Fsp3) is 0.389. The highest BCUT2D eigenvalue weighted by atomic mass is 19.1. The third-order valence-corrected chi connectivity index (χ3v) is 4.12. The van der Waals surface area contributed by atoms with Gasteiger partial charge in [-0.2, -0.15) is 0 Å². The van der Waals surface area contributed by atoms with Crippen LogP contribution in [0.1, 0.15) is 37.5 Å². The van der Waals surface area contributed by atoms with E-state index in [-0.39, 0.29) is 12.6 Å². The van der Waals surface area contributed by atoms with E-state index in [4.69, 9.17) is 9.15 Å². The van der Waals surface area contributed by atoms with Crippen LogP contribution in [0.5, 0.6) is 5.75 Å². The Morgan fingerprint density at radius 1 is 1.36 bits per heavy atom. The molecule has 7 heteroatoms. The summed E-state index contributed by atoms with van der Waals surface area (Å²) >= 11 is 0. The maximum absolute atomic E-state index is 13.5. The Balaban J connectivity index is 1.58. The molecule has 1 heterocycles. The number of furan rings is 1. The van der Waals surface area contributed by atoms with Gasteiger partial charge in [-0.05, 0) is 49.9 Å². The van der Waals surface area contributed by atoms with Crippen molar-refractivity contribution < 1.29 is 23.4 Å². The topological polar surface area (TPSA) is 83.7 Å². The van der Waals surface area contributed by atoms with Crippen molar-refractivity contribution in [3.05, 3.63) is 48.2 Å². The maximum atomic E-state index is 13.5. The van der Waals surface area contributed by atoms with Gasteiger partial charge in [0.25, 0.3) is 0 Å². The molecule has 1 aromatic carbocycles. The first-order chi connectivity index (χ1) is 12.1. The number of urea groups is 1. The Kier molecular flexibility index (Phi) is 5.55. The van der Waals surface area contributed by atoms with Gasteiger partial charge in [-0.15, -0.1) is 0 Å². The number of halogens is 1. The third-order valence-electron chi connectivity index (χ3n) is 4.12. The maximum Gasteiger partial charge on any atom is 0.319 e. The van der Waals surface area contributed by atoms with Gasteiger partial charge in [0.1, 0.15) is 23.4 Å². The summed E-state index contributed by atoms with van der Waals surface area (Å²) in [6.45, 7) is -0.0145. The number of nitrogens with one attached hydrogen (secondary N) is 2. The van der Waals surface area contributed by atoms with E-state index in [9.17, 15) is 14.3 Å². The Bertz CT molecular complexity index is 699.